The van der Waals surface area contributed by atoms with Crippen LogP contribution in [0.3, 0.4) is 0 Å². The van der Waals surface area contributed by atoms with E-state index in [0.29, 0.717) is 23.1 Å². The van der Waals surface area contributed by atoms with Crippen LogP contribution in [0.5, 0.6) is 5.75 Å². The molecular formula is C17H18N2O6S. The fourth-order valence-corrected chi connectivity index (χ4v) is 2.92. The van der Waals surface area contributed by atoms with Crippen LogP contribution in [0.1, 0.15) is 19.4 Å². The highest BCUT2D eigenvalue weighted by molar-refractivity contribution is 8.18. The molecule has 1 aromatic rings. The number of hydrogen-bond acceptors (Lipinski definition) is 7. The van der Waals surface area contributed by atoms with Gasteiger partial charge in [0.1, 0.15) is 12.3 Å². The Kier molecular flexibility index (Phi) is 6.40. The van der Waals surface area contributed by atoms with Crippen LogP contribution in [0.4, 0.5) is 4.79 Å². The molecule has 0 bridgehead atoms. The Balaban J connectivity index is 2.17. The number of carbonyl (C=O) groups is 4. The zero-order valence-corrected chi connectivity index (χ0v) is 15.1. The molecule has 1 saturated heterocycles. The summed E-state index contributed by atoms with van der Waals surface area (Å²) in [6.07, 6.45) is 1.13. The van der Waals surface area contributed by atoms with Gasteiger partial charge in [-0.3, -0.25) is 24.1 Å². The predicted octanol–water partition coefficient (Wildman–Crippen LogP) is 1.54. The monoisotopic (exact) mass is 378 g/mol. The quantitative estimate of drug-likeness (QED) is 0.565. The molecule has 0 atom stereocenters. The van der Waals surface area contributed by atoms with Gasteiger partial charge in [0, 0.05) is 5.56 Å². The molecule has 1 aliphatic rings. The van der Waals surface area contributed by atoms with Crippen LogP contribution < -0.4 is 10.5 Å². The molecule has 3 amide bonds. The van der Waals surface area contributed by atoms with Crippen molar-refractivity contribution in [1.82, 2.24) is 4.90 Å². The van der Waals surface area contributed by atoms with Crippen LogP contribution >= 0.6 is 11.8 Å². The number of amides is 3. The number of imide groups is 1. The molecule has 0 saturated carbocycles. The fourth-order valence-electron chi connectivity index (χ4n) is 2.09. The lowest BCUT2D eigenvalue weighted by Gasteiger charge is -2.13. The number of thioether (sulfide) groups is 1. The molecule has 0 radical (unpaired) electrons. The van der Waals surface area contributed by atoms with Gasteiger partial charge in [0.05, 0.1) is 11.0 Å². The molecule has 0 spiro atoms. The molecule has 0 aliphatic carbocycles. The summed E-state index contributed by atoms with van der Waals surface area (Å²) in [4.78, 5) is 48.0. The van der Waals surface area contributed by atoms with Gasteiger partial charge in [-0.25, -0.2) is 0 Å². The molecule has 26 heavy (non-hydrogen) atoms. The second-order valence-corrected chi connectivity index (χ2v) is 6.59. The lowest BCUT2D eigenvalue weighted by molar-refractivity contribution is -0.149. The number of rotatable bonds is 7. The van der Waals surface area contributed by atoms with Crippen LogP contribution in [0.25, 0.3) is 6.08 Å². The summed E-state index contributed by atoms with van der Waals surface area (Å²) in [5.41, 5.74) is 5.56. The number of para-hydroxylation sites is 1. The molecule has 1 aromatic carbocycles. The topological polar surface area (TPSA) is 116 Å². The highest BCUT2D eigenvalue weighted by Gasteiger charge is 2.36. The Morgan fingerprint density at radius 3 is 2.62 bits per heavy atom. The maximum absolute atomic E-state index is 12.4. The van der Waals surface area contributed by atoms with Gasteiger partial charge in [0.15, 0.2) is 6.61 Å². The molecule has 1 aliphatic heterocycles. The second kappa shape index (κ2) is 8.52. The highest BCUT2D eigenvalue weighted by atomic mass is 32.2. The molecule has 1 fully saturated rings. The van der Waals surface area contributed by atoms with Gasteiger partial charge >= 0.3 is 5.97 Å². The van der Waals surface area contributed by atoms with Crippen molar-refractivity contribution in [3.63, 3.8) is 0 Å². The first-order chi connectivity index (χ1) is 12.3. The Morgan fingerprint density at radius 2 is 1.96 bits per heavy atom. The fraction of sp³-hybridized carbons (Fsp3) is 0.294. The highest BCUT2D eigenvalue weighted by Crippen LogP contribution is 2.33. The Hall–Kier alpha value is -2.81. The van der Waals surface area contributed by atoms with E-state index < -0.39 is 29.6 Å². The third-order valence-electron chi connectivity index (χ3n) is 3.10. The van der Waals surface area contributed by atoms with Crippen molar-refractivity contribution in [2.45, 2.75) is 20.0 Å². The van der Waals surface area contributed by atoms with E-state index in [-0.39, 0.29) is 17.6 Å². The van der Waals surface area contributed by atoms with Gasteiger partial charge in [0.25, 0.3) is 17.1 Å². The molecule has 0 unspecified atom stereocenters. The molecule has 1 heterocycles. The summed E-state index contributed by atoms with van der Waals surface area (Å²) in [6.45, 7) is 2.59. The average molecular weight is 378 g/mol. The number of esters is 1. The summed E-state index contributed by atoms with van der Waals surface area (Å²) < 4.78 is 10.3. The normalized spacial score (nSPS) is 15.7. The number of nitrogens with two attached hydrogens (primary N) is 1. The average Bonchev–Trinajstić information content (AvgIpc) is 2.81. The zero-order chi connectivity index (χ0) is 19.3. The summed E-state index contributed by atoms with van der Waals surface area (Å²) in [5, 5.41) is -0.558. The van der Waals surface area contributed by atoms with E-state index in [2.05, 4.69) is 0 Å². The molecule has 2 rings (SSSR count). The molecule has 0 aromatic heterocycles. The molecule has 2 N–H and O–H groups in total. The van der Waals surface area contributed by atoms with E-state index >= 15 is 0 Å². The number of carbonyl (C=O) groups excluding carboxylic acids is 4. The van der Waals surface area contributed by atoms with E-state index in [1.165, 1.54) is 6.08 Å². The largest absolute Gasteiger partial charge is 0.483 e. The second-order valence-electron chi connectivity index (χ2n) is 5.60. The van der Waals surface area contributed by atoms with Crippen LogP contribution in [0.15, 0.2) is 29.2 Å². The Morgan fingerprint density at radius 1 is 1.27 bits per heavy atom. The summed E-state index contributed by atoms with van der Waals surface area (Å²) in [5.74, 6) is -1.54. The van der Waals surface area contributed by atoms with E-state index in [1.807, 2.05) is 0 Å². The predicted molar refractivity (Wildman–Crippen MR) is 95.0 cm³/mol. The molecule has 138 valence electrons. The van der Waals surface area contributed by atoms with Gasteiger partial charge < -0.3 is 15.2 Å². The van der Waals surface area contributed by atoms with Gasteiger partial charge in [0.2, 0.25) is 0 Å². The number of hydrogen-bond donors (Lipinski definition) is 1. The third kappa shape index (κ3) is 5.09. The summed E-state index contributed by atoms with van der Waals surface area (Å²) in [6, 6.07) is 6.69. The van der Waals surface area contributed by atoms with Crippen LogP contribution in [-0.2, 0) is 19.1 Å². The van der Waals surface area contributed by atoms with Crippen molar-refractivity contribution < 1.29 is 28.7 Å². The maximum Gasteiger partial charge on any atom is 0.326 e. The van der Waals surface area contributed by atoms with Gasteiger partial charge in [-0.1, -0.05) is 18.2 Å². The lowest BCUT2D eigenvalue weighted by atomic mass is 10.2. The van der Waals surface area contributed by atoms with E-state index in [1.54, 1.807) is 38.1 Å². The first-order valence-electron chi connectivity index (χ1n) is 7.73. The van der Waals surface area contributed by atoms with E-state index in [9.17, 15) is 19.2 Å². The summed E-state index contributed by atoms with van der Waals surface area (Å²) in [7, 11) is 0. The van der Waals surface area contributed by atoms with Crippen molar-refractivity contribution in [3.05, 3.63) is 34.7 Å². The van der Waals surface area contributed by atoms with Crippen molar-refractivity contribution >= 4 is 40.9 Å². The maximum atomic E-state index is 12.4. The smallest absolute Gasteiger partial charge is 0.326 e. The number of primary amides is 1. The number of benzene rings is 1. The minimum Gasteiger partial charge on any atom is -0.483 e. The minimum absolute atomic E-state index is 0.141. The first kappa shape index (κ1) is 19.5. The van der Waals surface area contributed by atoms with Crippen LogP contribution in [0.2, 0.25) is 0 Å². The van der Waals surface area contributed by atoms with Crippen LogP contribution in [-0.4, -0.2) is 47.2 Å². The standard InChI is InChI=1S/C17H18N2O6S/c1-10(2)25-15(21)8-19-16(22)13(26-17(19)23)7-11-5-3-4-6-12(11)24-9-14(18)20/h3-7,10H,8-9H2,1-2H3,(H2,18,20)/b13-7+. The van der Waals surface area contributed by atoms with E-state index in [4.69, 9.17) is 15.2 Å². The zero-order valence-electron chi connectivity index (χ0n) is 14.3. The lowest BCUT2D eigenvalue weighted by Crippen LogP contribution is -2.35. The van der Waals surface area contributed by atoms with Gasteiger partial charge in [-0.2, -0.15) is 0 Å². The van der Waals surface area contributed by atoms with Crippen molar-refractivity contribution in [2.75, 3.05) is 13.2 Å². The third-order valence-corrected chi connectivity index (χ3v) is 4.01. The van der Waals surface area contributed by atoms with Gasteiger partial charge in [-0.05, 0) is 37.8 Å². The van der Waals surface area contributed by atoms with E-state index in [0.717, 1.165) is 4.90 Å². The summed E-state index contributed by atoms with van der Waals surface area (Å²) >= 11 is 0.714. The first-order valence-corrected chi connectivity index (χ1v) is 8.54. The SMILES string of the molecule is CC(C)OC(=O)CN1C(=O)S/C(=C/c2ccccc2OCC(N)=O)C1=O. The van der Waals surface area contributed by atoms with Crippen molar-refractivity contribution in [2.24, 2.45) is 5.73 Å². The number of nitrogens with zero attached hydrogens (tertiary/aromatic N) is 1. The minimum atomic E-state index is -0.659. The number of ether oxygens (including phenoxy) is 2. The Labute approximate surface area is 154 Å². The van der Waals surface area contributed by atoms with Crippen molar-refractivity contribution in [1.29, 1.82) is 0 Å². The molecule has 8 nitrogen and oxygen atoms in total. The molecular weight excluding hydrogens is 360 g/mol. The molecule has 9 heteroatoms. The van der Waals surface area contributed by atoms with Crippen molar-refractivity contribution in [3.8, 4) is 5.75 Å². The van der Waals surface area contributed by atoms with Gasteiger partial charge in [-0.15, -0.1) is 0 Å². The van der Waals surface area contributed by atoms with Crippen LogP contribution in [0, 0.1) is 0 Å². The Bertz CT molecular complexity index is 774.